The number of benzene rings is 2. The summed E-state index contributed by atoms with van der Waals surface area (Å²) >= 11 is 7.44. The molecule has 0 bridgehead atoms. The van der Waals surface area contributed by atoms with Gasteiger partial charge in [0.2, 0.25) is 0 Å². The van der Waals surface area contributed by atoms with Crippen LogP contribution in [0.15, 0.2) is 60.9 Å². The van der Waals surface area contributed by atoms with Crippen LogP contribution in [0.1, 0.15) is 11.1 Å². The van der Waals surface area contributed by atoms with Crippen molar-refractivity contribution in [3.05, 3.63) is 77.1 Å². The monoisotopic (exact) mass is 432 g/mol. The Bertz CT molecular complexity index is 1290. The minimum atomic E-state index is -0.540. The van der Waals surface area contributed by atoms with Crippen molar-refractivity contribution in [1.82, 2.24) is 10.3 Å². The number of fused-ring (bicyclic) bond motifs is 2. The van der Waals surface area contributed by atoms with Gasteiger partial charge in [0.25, 0.3) is 5.91 Å². The van der Waals surface area contributed by atoms with E-state index in [9.17, 15) is 14.9 Å². The zero-order valence-electron chi connectivity index (χ0n) is 15.4. The molecule has 30 heavy (non-hydrogen) atoms. The number of nitriles is 1. The first-order chi connectivity index (χ1) is 14.6. The number of thioether (sulfide) groups is 1. The minimum Gasteiger partial charge on any atom is -0.329 e. The summed E-state index contributed by atoms with van der Waals surface area (Å²) in [5, 5.41) is 13.9. The number of hydrogen-bond acceptors (Lipinski definition) is 5. The molecule has 5 rings (SSSR count). The molecule has 3 heterocycles. The van der Waals surface area contributed by atoms with E-state index >= 15 is 0 Å². The first-order valence-electron chi connectivity index (χ1n) is 9.12. The molecule has 0 spiro atoms. The second-order valence-electron chi connectivity index (χ2n) is 6.90. The van der Waals surface area contributed by atoms with E-state index in [1.807, 2.05) is 30.3 Å². The number of rotatable bonds is 2. The standard InChI is InChI=1S/C22H13ClN4O2S/c23-14-6-5-12(9-24)16(7-14)19-8-17-20(30-19)21(28)27(22(29)26-17)18-11-25-10-13-3-1-2-4-15(13)18/h1-8,10-11,17,20H,(H,26,29). The van der Waals surface area contributed by atoms with E-state index in [0.29, 0.717) is 21.8 Å². The van der Waals surface area contributed by atoms with Gasteiger partial charge in [0, 0.05) is 32.5 Å². The number of amides is 3. The van der Waals surface area contributed by atoms with Gasteiger partial charge >= 0.3 is 6.03 Å². The molecule has 146 valence electrons. The van der Waals surface area contributed by atoms with Gasteiger partial charge in [-0.15, -0.1) is 11.8 Å². The maximum atomic E-state index is 13.4. The zero-order valence-corrected chi connectivity index (χ0v) is 16.9. The molecule has 1 N–H and O–H groups in total. The number of carbonyl (C=O) groups is 2. The number of pyridine rings is 1. The number of halogens is 1. The maximum absolute atomic E-state index is 13.4. The van der Waals surface area contributed by atoms with Crippen LogP contribution in [0, 0.1) is 11.3 Å². The second kappa shape index (κ2) is 7.17. The molecule has 2 atom stereocenters. The van der Waals surface area contributed by atoms with Crippen molar-refractivity contribution in [2.24, 2.45) is 0 Å². The van der Waals surface area contributed by atoms with Gasteiger partial charge in [0.05, 0.1) is 29.6 Å². The fourth-order valence-corrected chi connectivity index (χ4v) is 5.20. The molecule has 6 nitrogen and oxygen atoms in total. The van der Waals surface area contributed by atoms with Crippen LogP contribution in [0.2, 0.25) is 5.02 Å². The van der Waals surface area contributed by atoms with E-state index in [4.69, 9.17) is 11.6 Å². The first kappa shape index (κ1) is 18.7. The molecule has 1 fully saturated rings. The van der Waals surface area contributed by atoms with E-state index in [2.05, 4.69) is 16.4 Å². The lowest BCUT2D eigenvalue weighted by molar-refractivity contribution is -0.118. The van der Waals surface area contributed by atoms with Gasteiger partial charge in [0.1, 0.15) is 5.25 Å². The Morgan fingerprint density at radius 1 is 1.17 bits per heavy atom. The summed E-state index contributed by atoms with van der Waals surface area (Å²) in [5.41, 5.74) is 1.57. The smallest absolute Gasteiger partial charge is 0.329 e. The first-order valence-corrected chi connectivity index (χ1v) is 10.4. The Kier molecular flexibility index (Phi) is 4.46. The van der Waals surface area contributed by atoms with Crippen molar-refractivity contribution in [2.45, 2.75) is 11.3 Å². The summed E-state index contributed by atoms with van der Waals surface area (Å²) in [6, 6.07) is 13.7. The van der Waals surface area contributed by atoms with Crippen LogP contribution in [0.5, 0.6) is 0 Å². The van der Waals surface area contributed by atoms with Crippen molar-refractivity contribution < 1.29 is 9.59 Å². The third kappa shape index (κ3) is 2.93. The summed E-state index contributed by atoms with van der Waals surface area (Å²) in [6.45, 7) is 0. The lowest BCUT2D eigenvalue weighted by atomic mass is 10.0. The molecule has 3 amide bonds. The summed E-state index contributed by atoms with van der Waals surface area (Å²) in [6.07, 6.45) is 5.04. The lowest BCUT2D eigenvalue weighted by Gasteiger charge is -2.33. The number of imide groups is 1. The average molecular weight is 433 g/mol. The molecular weight excluding hydrogens is 420 g/mol. The van der Waals surface area contributed by atoms with Crippen LogP contribution in [0.25, 0.3) is 15.7 Å². The quantitative estimate of drug-likeness (QED) is 0.650. The normalized spacial score (nSPS) is 20.5. The maximum Gasteiger partial charge on any atom is 0.329 e. The molecule has 0 aliphatic carbocycles. The number of nitrogens with zero attached hydrogens (tertiary/aromatic N) is 3. The van der Waals surface area contributed by atoms with Crippen LogP contribution in [0.4, 0.5) is 10.5 Å². The number of hydrogen-bond donors (Lipinski definition) is 1. The highest BCUT2D eigenvalue weighted by molar-refractivity contribution is 8.09. The van der Waals surface area contributed by atoms with Crippen molar-refractivity contribution in [1.29, 1.82) is 5.26 Å². The second-order valence-corrected chi connectivity index (χ2v) is 8.52. The fraction of sp³-hybridized carbons (Fsp3) is 0.0909. The highest BCUT2D eigenvalue weighted by atomic mass is 35.5. The highest BCUT2D eigenvalue weighted by Gasteiger charge is 2.45. The van der Waals surface area contributed by atoms with E-state index in [1.54, 1.807) is 24.4 Å². The molecule has 2 aromatic carbocycles. The summed E-state index contributed by atoms with van der Waals surface area (Å²) < 4.78 is 0. The largest absolute Gasteiger partial charge is 0.329 e. The zero-order chi connectivity index (χ0) is 20.8. The molecular formula is C22H13ClN4O2S. The number of urea groups is 1. The molecule has 2 unspecified atom stereocenters. The molecule has 1 saturated heterocycles. The summed E-state index contributed by atoms with van der Waals surface area (Å²) in [5.74, 6) is -0.321. The Morgan fingerprint density at radius 2 is 2.00 bits per heavy atom. The van der Waals surface area contributed by atoms with E-state index < -0.39 is 17.3 Å². The predicted molar refractivity (Wildman–Crippen MR) is 117 cm³/mol. The lowest BCUT2D eigenvalue weighted by Crippen LogP contribution is -2.60. The topological polar surface area (TPSA) is 86.1 Å². The van der Waals surface area contributed by atoms with Crippen LogP contribution in [-0.2, 0) is 4.79 Å². The molecule has 2 aliphatic rings. The van der Waals surface area contributed by atoms with Crippen molar-refractivity contribution in [3.63, 3.8) is 0 Å². The van der Waals surface area contributed by atoms with Crippen LogP contribution in [-0.4, -0.2) is 28.2 Å². The van der Waals surface area contributed by atoms with E-state index in [0.717, 1.165) is 20.6 Å². The molecule has 0 saturated carbocycles. The van der Waals surface area contributed by atoms with E-state index in [1.165, 1.54) is 18.0 Å². The minimum absolute atomic E-state index is 0.321. The Labute approximate surface area is 181 Å². The molecule has 2 aliphatic heterocycles. The third-order valence-electron chi connectivity index (χ3n) is 5.12. The van der Waals surface area contributed by atoms with Crippen molar-refractivity contribution >= 4 is 56.7 Å². The van der Waals surface area contributed by atoms with Gasteiger partial charge in [-0.25, -0.2) is 9.69 Å². The van der Waals surface area contributed by atoms with E-state index in [-0.39, 0.29) is 5.91 Å². The van der Waals surface area contributed by atoms with Gasteiger partial charge in [0.15, 0.2) is 0 Å². The number of nitrogens with one attached hydrogen (secondary N) is 1. The molecule has 0 radical (unpaired) electrons. The summed E-state index contributed by atoms with van der Waals surface area (Å²) in [7, 11) is 0. The van der Waals surface area contributed by atoms with Crippen LogP contribution >= 0.6 is 23.4 Å². The predicted octanol–water partition coefficient (Wildman–Crippen LogP) is 4.34. The SMILES string of the molecule is N#Cc1ccc(Cl)cc1C1=CC2NC(=O)N(c3cncc4ccccc34)C(=O)C2S1. The van der Waals surface area contributed by atoms with Gasteiger partial charge in [-0.1, -0.05) is 35.9 Å². The third-order valence-corrected chi connectivity index (χ3v) is 6.72. The van der Waals surface area contributed by atoms with Gasteiger partial charge < -0.3 is 5.32 Å². The number of carbonyl (C=O) groups excluding carboxylic acids is 2. The van der Waals surface area contributed by atoms with Crippen LogP contribution < -0.4 is 10.2 Å². The molecule has 8 heteroatoms. The Balaban J connectivity index is 1.52. The fourth-order valence-electron chi connectivity index (χ4n) is 3.73. The number of aromatic nitrogens is 1. The Morgan fingerprint density at radius 3 is 2.83 bits per heavy atom. The average Bonchev–Trinajstić information content (AvgIpc) is 3.18. The number of anilines is 1. The van der Waals surface area contributed by atoms with Gasteiger partial charge in [-0.3, -0.25) is 9.78 Å². The van der Waals surface area contributed by atoms with Crippen molar-refractivity contribution in [2.75, 3.05) is 4.90 Å². The Hall–Kier alpha value is -3.34. The molecule has 1 aromatic heterocycles. The van der Waals surface area contributed by atoms with Crippen molar-refractivity contribution in [3.8, 4) is 6.07 Å². The van der Waals surface area contributed by atoms with Gasteiger partial charge in [-0.05, 0) is 24.3 Å². The summed E-state index contributed by atoms with van der Waals surface area (Å²) in [4.78, 5) is 32.3. The highest BCUT2D eigenvalue weighted by Crippen LogP contribution is 2.44. The van der Waals surface area contributed by atoms with Crippen LogP contribution in [0.3, 0.4) is 0 Å². The van der Waals surface area contributed by atoms with Gasteiger partial charge in [-0.2, -0.15) is 5.26 Å². The molecule has 3 aromatic rings.